The molecule has 0 amide bonds. The normalized spacial score (nSPS) is 11.8. The van der Waals surface area contributed by atoms with E-state index in [9.17, 15) is 17.6 Å². The van der Waals surface area contributed by atoms with E-state index >= 15 is 0 Å². The van der Waals surface area contributed by atoms with Crippen molar-refractivity contribution in [1.82, 2.24) is 25.1 Å². The summed E-state index contributed by atoms with van der Waals surface area (Å²) >= 11 is 0. The first kappa shape index (κ1) is 17.8. The molecule has 0 aliphatic rings. The zero-order valence-electron chi connectivity index (χ0n) is 14.3. The quantitative estimate of drug-likeness (QED) is 0.501. The summed E-state index contributed by atoms with van der Waals surface area (Å²) in [6.07, 6.45) is -3.50. The molecular formula is C18H12F4N6. The van der Waals surface area contributed by atoms with Gasteiger partial charge in [0, 0.05) is 17.3 Å². The van der Waals surface area contributed by atoms with Crippen LogP contribution in [0, 0.1) is 12.7 Å². The number of nitrogens with one attached hydrogen (secondary N) is 2. The number of alkyl halides is 3. The van der Waals surface area contributed by atoms with E-state index in [-0.39, 0.29) is 23.0 Å². The molecule has 3 heterocycles. The summed E-state index contributed by atoms with van der Waals surface area (Å²) < 4.78 is 53.4. The van der Waals surface area contributed by atoms with E-state index in [1.54, 1.807) is 13.0 Å². The molecule has 0 spiro atoms. The molecule has 3 aromatic heterocycles. The van der Waals surface area contributed by atoms with Crippen LogP contribution < -0.4 is 5.32 Å². The van der Waals surface area contributed by atoms with Crippen LogP contribution in [-0.4, -0.2) is 25.1 Å². The van der Waals surface area contributed by atoms with Crippen LogP contribution in [0.15, 0.2) is 42.6 Å². The lowest BCUT2D eigenvalue weighted by Gasteiger charge is -2.13. The molecule has 0 bridgehead atoms. The van der Waals surface area contributed by atoms with Crippen LogP contribution >= 0.6 is 0 Å². The summed E-state index contributed by atoms with van der Waals surface area (Å²) in [4.78, 5) is 12.2. The Morgan fingerprint density at radius 1 is 1.07 bits per heavy atom. The topological polar surface area (TPSA) is 79.4 Å². The van der Waals surface area contributed by atoms with Crippen molar-refractivity contribution < 1.29 is 17.6 Å². The van der Waals surface area contributed by atoms with Gasteiger partial charge in [0.05, 0.1) is 17.1 Å². The van der Waals surface area contributed by atoms with Crippen LogP contribution in [0.5, 0.6) is 0 Å². The van der Waals surface area contributed by atoms with E-state index in [1.807, 2.05) is 0 Å². The molecule has 0 unspecified atom stereocenters. The largest absolute Gasteiger partial charge is 0.417 e. The highest BCUT2D eigenvalue weighted by molar-refractivity contribution is 5.88. The van der Waals surface area contributed by atoms with Crippen molar-refractivity contribution in [2.24, 2.45) is 0 Å². The predicted molar refractivity (Wildman–Crippen MR) is 94.3 cm³/mol. The number of pyridine rings is 1. The number of H-pyrrole nitrogens is 1. The Bertz CT molecular complexity index is 1170. The molecule has 0 saturated heterocycles. The van der Waals surface area contributed by atoms with Gasteiger partial charge in [0.1, 0.15) is 11.6 Å². The van der Waals surface area contributed by atoms with Gasteiger partial charge in [0.2, 0.25) is 0 Å². The molecule has 4 aromatic rings. The third-order valence-electron chi connectivity index (χ3n) is 3.96. The fourth-order valence-electron chi connectivity index (χ4n) is 2.77. The van der Waals surface area contributed by atoms with Gasteiger partial charge in [0.15, 0.2) is 17.3 Å². The van der Waals surface area contributed by atoms with Gasteiger partial charge in [-0.25, -0.2) is 19.3 Å². The van der Waals surface area contributed by atoms with Gasteiger partial charge >= 0.3 is 6.18 Å². The number of benzene rings is 1. The summed E-state index contributed by atoms with van der Waals surface area (Å²) in [6, 6.07) is 7.86. The summed E-state index contributed by atoms with van der Waals surface area (Å²) in [5, 5.41) is 9.92. The molecule has 10 heteroatoms. The van der Waals surface area contributed by atoms with Crippen molar-refractivity contribution in [2.45, 2.75) is 13.1 Å². The second-order valence-electron chi connectivity index (χ2n) is 6.01. The smallest absolute Gasteiger partial charge is 0.323 e. The molecule has 0 fully saturated rings. The number of aromatic amines is 1. The number of aromatic nitrogens is 5. The minimum atomic E-state index is -4.54. The Morgan fingerprint density at radius 3 is 2.64 bits per heavy atom. The second-order valence-corrected chi connectivity index (χ2v) is 6.01. The van der Waals surface area contributed by atoms with E-state index in [1.165, 1.54) is 24.3 Å². The molecule has 6 nitrogen and oxygen atoms in total. The lowest BCUT2D eigenvalue weighted by molar-refractivity contribution is -0.137. The number of halogens is 4. The Balaban J connectivity index is 1.77. The average molecular weight is 388 g/mol. The third kappa shape index (κ3) is 3.36. The third-order valence-corrected chi connectivity index (χ3v) is 3.96. The molecule has 0 aliphatic carbocycles. The summed E-state index contributed by atoms with van der Waals surface area (Å²) in [5.74, 6) is -0.164. The van der Waals surface area contributed by atoms with Crippen molar-refractivity contribution in [2.75, 3.05) is 5.32 Å². The molecule has 142 valence electrons. The molecule has 0 saturated carbocycles. The van der Waals surface area contributed by atoms with Crippen LogP contribution in [0.25, 0.3) is 22.4 Å². The van der Waals surface area contributed by atoms with Crippen LogP contribution in [-0.2, 0) is 6.18 Å². The first-order valence-electron chi connectivity index (χ1n) is 8.10. The van der Waals surface area contributed by atoms with E-state index in [0.717, 1.165) is 12.3 Å². The molecule has 0 radical (unpaired) electrons. The highest BCUT2D eigenvalue weighted by Crippen LogP contribution is 2.36. The van der Waals surface area contributed by atoms with Gasteiger partial charge in [0.25, 0.3) is 0 Å². The Morgan fingerprint density at radius 2 is 1.86 bits per heavy atom. The number of anilines is 2. The SMILES string of the molecule is Cc1cc(Nc2n[nH]c3ncc(F)cc23)nc(-c2ccccc2C(F)(F)F)n1. The molecule has 4 rings (SSSR count). The molecule has 0 atom stereocenters. The number of hydrogen-bond acceptors (Lipinski definition) is 5. The molecule has 0 aliphatic heterocycles. The van der Waals surface area contributed by atoms with Crippen molar-refractivity contribution in [3.8, 4) is 11.4 Å². The summed E-state index contributed by atoms with van der Waals surface area (Å²) in [6.45, 7) is 1.64. The highest BCUT2D eigenvalue weighted by Gasteiger charge is 2.34. The van der Waals surface area contributed by atoms with E-state index in [4.69, 9.17) is 0 Å². The van der Waals surface area contributed by atoms with Gasteiger partial charge in [-0.1, -0.05) is 18.2 Å². The zero-order valence-corrected chi connectivity index (χ0v) is 14.3. The first-order valence-corrected chi connectivity index (χ1v) is 8.10. The Labute approximate surface area is 155 Å². The maximum Gasteiger partial charge on any atom is 0.417 e. The second kappa shape index (κ2) is 6.55. The molecule has 1 aromatic carbocycles. The molecule has 28 heavy (non-hydrogen) atoms. The average Bonchev–Trinajstić information content (AvgIpc) is 3.02. The van der Waals surface area contributed by atoms with Crippen LogP contribution in [0.2, 0.25) is 0 Å². The lowest BCUT2D eigenvalue weighted by Crippen LogP contribution is -2.09. The highest BCUT2D eigenvalue weighted by atomic mass is 19.4. The molecule has 2 N–H and O–H groups in total. The van der Waals surface area contributed by atoms with Gasteiger partial charge in [-0.3, -0.25) is 5.10 Å². The summed E-state index contributed by atoms with van der Waals surface area (Å²) in [5.41, 5.74) is -0.157. The fraction of sp³-hybridized carbons (Fsp3) is 0.111. The maximum atomic E-state index is 13.5. The summed E-state index contributed by atoms with van der Waals surface area (Å²) in [7, 11) is 0. The molecular weight excluding hydrogens is 376 g/mol. The van der Waals surface area contributed by atoms with E-state index < -0.39 is 17.6 Å². The zero-order chi connectivity index (χ0) is 19.9. The van der Waals surface area contributed by atoms with Crippen molar-refractivity contribution >= 4 is 22.7 Å². The van der Waals surface area contributed by atoms with Gasteiger partial charge in [-0.15, -0.1) is 0 Å². The van der Waals surface area contributed by atoms with Gasteiger partial charge in [-0.05, 0) is 19.1 Å². The number of fused-ring (bicyclic) bond motifs is 1. The van der Waals surface area contributed by atoms with Crippen molar-refractivity contribution in [3.63, 3.8) is 0 Å². The standard InChI is InChI=1S/C18H12F4N6/c1-9-6-14(26-17-12-7-10(19)8-23-15(12)27-28-17)25-16(24-9)11-4-2-3-5-13(11)18(20,21)22/h2-8H,1H3,(H2,23,24,25,26,27,28). The Kier molecular flexibility index (Phi) is 4.17. The minimum absolute atomic E-state index is 0.0837. The van der Waals surface area contributed by atoms with Crippen LogP contribution in [0.3, 0.4) is 0 Å². The Hall–Kier alpha value is -3.56. The van der Waals surface area contributed by atoms with E-state index in [0.29, 0.717) is 16.7 Å². The first-order chi connectivity index (χ1) is 13.3. The van der Waals surface area contributed by atoms with Crippen molar-refractivity contribution in [3.05, 3.63) is 59.7 Å². The van der Waals surface area contributed by atoms with Gasteiger partial charge < -0.3 is 5.32 Å². The number of aryl methyl sites for hydroxylation is 1. The maximum absolute atomic E-state index is 13.5. The monoisotopic (exact) mass is 388 g/mol. The lowest BCUT2D eigenvalue weighted by atomic mass is 10.1. The van der Waals surface area contributed by atoms with E-state index in [2.05, 4.69) is 30.5 Å². The minimum Gasteiger partial charge on any atom is -0.323 e. The fourth-order valence-corrected chi connectivity index (χ4v) is 2.77. The van der Waals surface area contributed by atoms with Crippen molar-refractivity contribution in [1.29, 1.82) is 0 Å². The van der Waals surface area contributed by atoms with Gasteiger partial charge in [-0.2, -0.15) is 18.3 Å². The number of nitrogens with zero attached hydrogens (tertiary/aromatic N) is 4. The predicted octanol–water partition coefficient (Wildman–Crippen LogP) is 4.62. The van der Waals surface area contributed by atoms with Crippen LogP contribution in [0.1, 0.15) is 11.3 Å². The van der Waals surface area contributed by atoms with Crippen LogP contribution in [0.4, 0.5) is 29.2 Å². The number of hydrogen-bond donors (Lipinski definition) is 2. The number of rotatable bonds is 3.